The predicted molar refractivity (Wildman–Crippen MR) is 133 cm³/mol. The van der Waals surface area contributed by atoms with Crippen LogP contribution in [0.4, 0.5) is 5.82 Å². The van der Waals surface area contributed by atoms with Crippen LogP contribution in [0.25, 0.3) is 33.2 Å². The number of nitrogens with one attached hydrogen (secondary N) is 2. The lowest BCUT2D eigenvalue weighted by Crippen LogP contribution is -2.25. The normalized spacial score (nSPS) is 15.9. The number of imidazole rings is 1. The summed E-state index contributed by atoms with van der Waals surface area (Å²) in [7, 11) is 0. The summed E-state index contributed by atoms with van der Waals surface area (Å²) in [6.07, 6.45) is 2.24. The number of rotatable bonds is 4. The molecule has 0 saturated carbocycles. The first kappa shape index (κ1) is 21.0. The van der Waals surface area contributed by atoms with Crippen LogP contribution in [0.2, 0.25) is 0 Å². The van der Waals surface area contributed by atoms with Gasteiger partial charge in [0.25, 0.3) is 0 Å². The molecular formula is C24H23N7OS. The summed E-state index contributed by atoms with van der Waals surface area (Å²) in [6, 6.07) is 18.1. The first-order chi connectivity index (χ1) is 15.7. The van der Waals surface area contributed by atoms with Gasteiger partial charge in [0.2, 0.25) is 5.91 Å². The van der Waals surface area contributed by atoms with Crippen LogP contribution >= 0.6 is 13.5 Å². The minimum atomic E-state index is 0. The molecule has 0 unspecified atom stereocenters. The van der Waals surface area contributed by atoms with Crippen LogP contribution in [0, 0.1) is 0 Å². The summed E-state index contributed by atoms with van der Waals surface area (Å²) in [5, 5.41) is 7.89. The van der Waals surface area contributed by atoms with Gasteiger partial charge in [-0.1, -0.05) is 36.4 Å². The fourth-order valence-electron chi connectivity index (χ4n) is 4.53. The van der Waals surface area contributed by atoms with Crippen molar-refractivity contribution in [3.63, 3.8) is 0 Å². The molecule has 1 fully saturated rings. The van der Waals surface area contributed by atoms with Gasteiger partial charge in [-0.2, -0.15) is 18.6 Å². The predicted octanol–water partition coefficient (Wildman–Crippen LogP) is 3.71. The van der Waals surface area contributed by atoms with Crippen molar-refractivity contribution in [1.82, 2.24) is 30.0 Å². The number of fused-ring (bicyclic) bond motifs is 3. The van der Waals surface area contributed by atoms with Gasteiger partial charge in [-0.25, -0.2) is 9.97 Å². The number of benzene rings is 2. The molecular weight excluding hydrogens is 434 g/mol. The Bertz CT molecular complexity index is 1450. The molecule has 0 spiro atoms. The molecule has 33 heavy (non-hydrogen) atoms. The molecule has 5 aromatic rings. The Labute approximate surface area is 196 Å². The maximum absolute atomic E-state index is 12.6. The Balaban J connectivity index is 0.00000228. The topological polar surface area (TPSA) is 117 Å². The number of amides is 1. The lowest BCUT2D eigenvalue weighted by molar-refractivity contribution is -0.128. The number of nitrogens with two attached hydrogens (primary N) is 1. The number of carbonyl (C=O) groups excluding carboxylic acids is 1. The largest absolute Gasteiger partial charge is 0.382 e. The van der Waals surface area contributed by atoms with Crippen LogP contribution in [-0.2, 0) is 11.3 Å². The van der Waals surface area contributed by atoms with Gasteiger partial charge in [0.05, 0.1) is 17.8 Å². The third-order valence-corrected chi connectivity index (χ3v) is 6.14. The molecule has 1 saturated heterocycles. The van der Waals surface area contributed by atoms with E-state index in [4.69, 9.17) is 10.7 Å². The Kier molecular flexibility index (Phi) is 5.26. The van der Waals surface area contributed by atoms with Crippen LogP contribution in [0.1, 0.15) is 23.7 Å². The fourth-order valence-corrected chi connectivity index (χ4v) is 4.53. The highest BCUT2D eigenvalue weighted by Gasteiger charge is 2.31. The van der Waals surface area contributed by atoms with Gasteiger partial charge in [0.15, 0.2) is 0 Å². The maximum Gasteiger partial charge on any atom is 0.223 e. The van der Waals surface area contributed by atoms with E-state index in [0.29, 0.717) is 36.7 Å². The van der Waals surface area contributed by atoms with Gasteiger partial charge in [0, 0.05) is 36.0 Å². The second-order valence-corrected chi connectivity index (χ2v) is 8.19. The first-order valence-electron chi connectivity index (χ1n) is 10.6. The number of nitrogen functional groups attached to an aromatic ring is 1. The maximum atomic E-state index is 12.6. The van der Waals surface area contributed by atoms with Gasteiger partial charge >= 0.3 is 0 Å². The third-order valence-electron chi connectivity index (χ3n) is 6.14. The van der Waals surface area contributed by atoms with Crippen LogP contribution in [0.15, 0.2) is 60.8 Å². The molecule has 2 aromatic carbocycles. The number of aromatic amines is 2. The third kappa shape index (κ3) is 3.70. The summed E-state index contributed by atoms with van der Waals surface area (Å²) in [4.78, 5) is 27.2. The number of carbonyl (C=O) groups is 1. The molecule has 6 rings (SSSR count). The summed E-state index contributed by atoms with van der Waals surface area (Å²) in [6.45, 7) is 1.10. The number of hydrogen-bond donors (Lipinski definition) is 3. The molecule has 4 heterocycles. The average Bonchev–Trinajstić information content (AvgIpc) is 3.55. The number of nitrogens with zero attached hydrogens (tertiary/aromatic N) is 4. The molecule has 4 N–H and O–H groups in total. The monoisotopic (exact) mass is 457 g/mol. The van der Waals surface area contributed by atoms with E-state index in [0.717, 1.165) is 27.7 Å². The molecule has 1 aliphatic heterocycles. The van der Waals surface area contributed by atoms with Crippen LogP contribution in [0.5, 0.6) is 0 Å². The Hall–Kier alpha value is -3.85. The van der Waals surface area contributed by atoms with E-state index < -0.39 is 0 Å². The van der Waals surface area contributed by atoms with E-state index in [2.05, 4.69) is 32.3 Å². The SMILES string of the molecule is Nc1nc2cc(-c3ccn[nH]3)ccc2c2nc(CN3C[C@H](c4ccccc4)CC3=O)[nH]c12.S. The van der Waals surface area contributed by atoms with Crippen LogP contribution in [-0.4, -0.2) is 42.5 Å². The smallest absolute Gasteiger partial charge is 0.223 e. The van der Waals surface area contributed by atoms with Crippen molar-refractivity contribution in [3.05, 3.63) is 72.2 Å². The highest BCUT2D eigenvalue weighted by atomic mass is 32.1. The molecule has 1 aliphatic rings. The quantitative estimate of drug-likeness (QED) is 0.380. The van der Waals surface area contributed by atoms with Crippen molar-refractivity contribution in [2.24, 2.45) is 0 Å². The zero-order valence-corrected chi connectivity index (χ0v) is 18.7. The number of pyridine rings is 1. The minimum absolute atomic E-state index is 0. The highest BCUT2D eigenvalue weighted by molar-refractivity contribution is 7.59. The Morgan fingerprint density at radius 1 is 1.09 bits per heavy atom. The zero-order valence-electron chi connectivity index (χ0n) is 17.7. The first-order valence-corrected chi connectivity index (χ1v) is 10.6. The zero-order chi connectivity index (χ0) is 21.7. The van der Waals surface area contributed by atoms with Crippen molar-refractivity contribution in [2.75, 3.05) is 12.3 Å². The fraction of sp³-hybridized carbons (Fsp3) is 0.167. The lowest BCUT2D eigenvalue weighted by Gasteiger charge is -2.15. The second kappa shape index (κ2) is 8.25. The summed E-state index contributed by atoms with van der Waals surface area (Å²) < 4.78 is 0. The molecule has 0 bridgehead atoms. The number of aromatic nitrogens is 5. The molecule has 166 valence electrons. The molecule has 3 aromatic heterocycles. The number of hydrogen-bond acceptors (Lipinski definition) is 5. The molecule has 1 atom stereocenters. The molecule has 9 heteroatoms. The van der Waals surface area contributed by atoms with E-state index in [1.54, 1.807) is 6.20 Å². The molecule has 0 aliphatic carbocycles. The lowest BCUT2D eigenvalue weighted by atomic mass is 9.99. The van der Waals surface area contributed by atoms with E-state index in [9.17, 15) is 4.79 Å². The average molecular weight is 458 g/mol. The highest BCUT2D eigenvalue weighted by Crippen LogP contribution is 2.31. The molecule has 1 amide bonds. The van der Waals surface area contributed by atoms with Gasteiger partial charge in [0.1, 0.15) is 22.7 Å². The standard InChI is InChI=1S/C24H21N7O.H2S/c25-24-23-22(17-7-6-15(10-19(17)27-24)18-8-9-26-30-18)28-20(29-23)13-31-12-16(11-21(31)32)14-4-2-1-3-5-14;/h1-10,16H,11-13H2,(H2,25,27)(H,26,30)(H,28,29);1H2/t16-;/m1./s1. The number of anilines is 1. The van der Waals surface area contributed by atoms with E-state index in [1.165, 1.54) is 5.56 Å². The number of likely N-dealkylation sites (tertiary alicyclic amines) is 1. The Morgan fingerprint density at radius 2 is 1.94 bits per heavy atom. The summed E-state index contributed by atoms with van der Waals surface area (Å²) in [5.74, 6) is 1.45. The van der Waals surface area contributed by atoms with E-state index in [-0.39, 0.29) is 25.3 Å². The van der Waals surface area contributed by atoms with Gasteiger partial charge in [-0.3, -0.25) is 9.89 Å². The van der Waals surface area contributed by atoms with Crippen molar-refractivity contribution in [3.8, 4) is 11.3 Å². The molecule has 8 nitrogen and oxygen atoms in total. The van der Waals surface area contributed by atoms with E-state index >= 15 is 0 Å². The summed E-state index contributed by atoms with van der Waals surface area (Å²) >= 11 is 0. The minimum Gasteiger partial charge on any atom is -0.382 e. The van der Waals surface area contributed by atoms with Crippen molar-refractivity contribution in [1.29, 1.82) is 0 Å². The van der Waals surface area contributed by atoms with Crippen LogP contribution < -0.4 is 5.73 Å². The van der Waals surface area contributed by atoms with Gasteiger partial charge < -0.3 is 15.6 Å². The molecule has 0 radical (unpaired) electrons. The van der Waals surface area contributed by atoms with Crippen molar-refractivity contribution in [2.45, 2.75) is 18.9 Å². The Morgan fingerprint density at radius 3 is 2.73 bits per heavy atom. The van der Waals surface area contributed by atoms with Gasteiger partial charge in [-0.05, 0) is 23.8 Å². The van der Waals surface area contributed by atoms with Crippen molar-refractivity contribution < 1.29 is 4.79 Å². The van der Waals surface area contributed by atoms with Crippen LogP contribution in [0.3, 0.4) is 0 Å². The van der Waals surface area contributed by atoms with E-state index in [1.807, 2.05) is 47.4 Å². The van der Waals surface area contributed by atoms with Gasteiger partial charge in [-0.15, -0.1) is 0 Å². The number of H-pyrrole nitrogens is 2. The second-order valence-electron chi connectivity index (χ2n) is 8.19. The van der Waals surface area contributed by atoms with Crippen molar-refractivity contribution >= 4 is 47.2 Å². The summed E-state index contributed by atoms with van der Waals surface area (Å²) in [5.41, 5.74) is 11.6.